The summed E-state index contributed by atoms with van der Waals surface area (Å²) in [5.74, 6) is -0.412. The van der Waals surface area contributed by atoms with Crippen molar-refractivity contribution in [1.82, 2.24) is 4.90 Å². The van der Waals surface area contributed by atoms with Crippen molar-refractivity contribution in [1.29, 1.82) is 0 Å². The molecule has 1 amide bonds. The Morgan fingerprint density at radius 1 is 1.35 bits per heavy atom. The van der Waals surface area contributed by atoms with Gasteiger partial charge >= 0.3 is 0 Å². The van der Waals surface area contributed by atoms with E-state index in [-0.39, 0.29) is 19.1 Å². The van der Waals surface area contributed by atoms with Gasteiger partial charge in [0.2, 0.25) is 0 Å². The van der Waals surface area contributed by atoms with Crippen LogP contribution in [0, 0.1) is 5.41 Å². The van der Waals surface area contributed by atoms with E-state index >= 15 is 0 Å². The van der Waals surface area contributed by atoms with Crippen LogP contribution < -0.4 is 0 Å². The highest BCUT2D eigenvalue weighted by Crippen LogP contribution is 2.48. The lowest BCUT2D eigenvalue weighted by atomic mass is 9.74. The number of hydrogen-bond donors (Lipinski definition) is 1. The molecule has 1 aliphatic heterocycles. The normalized spacial score (nSPS) is 33.3. The largest absolute Gasteiger partial charge is 0.396 e. The molecule has 1 aromatic carbocycles. The molecule has 0 unspecified atom stereocenters. The summed E-state index contributed by atoms with van der Waals surface area (Å²) < 4.78 is 14.1. The quantitative estimate of drug-likeness (QED) is 0.921. The molecule has 4 heteroatoms. The number of fused-ring (bicyclic) bond motifs is 1. The Labute approximate surface area is 118 Å². The second-order valence-corrected chi connectivity index (χ2v) is 6.05. The third-order valence-electron chi connectivity index (χ3n) is 4.88. The number of nitrogens with zero attached hydrogens (tertiary/aromatic N) is 1. The maximum absolute atomic E-state index is 14.1. The molecule has 0 aromatic heterocycles. The average molecular weight is 277 g/mol. The number of alkyl halides is 1. The lowest BCUT2D eigenvalue weighted by Crippen LogP contribution is -2.57. The lowest BCUT2D eigenvalue weighted by Gasteiger charge is -2.46. The Hall–Kier alpha value is -1.42. The van der Waals surface area contributed by atoms with Crippen molar-refractivity contribution in [3.8, 4) is 0 Å². The van der Waals surface area contributed by atoms with Gasteiger partial charge in [-0.25, -0.2) is 4.39 Å². The van der Waals surface area contributed by atoms with Gasteiger partial charge < -0.3 is 10.0 Å². The first-order chi connectivity index (χ1) is 9.66. The first-order valence-electron chi connectivity index (χ1n) is 7.26. The summed E-state index contributed by atoms with van der Waals surface area (Å²) in [5, 5.41) is 9.74. The number of carbonyl (C=O) groups excluding carboxylic acids is 1. The Bertz CT molecular complexity index is 493. The fourth-order valence-electron chi connectivity index (χ4n) is 3.84. The highest BCUT2D eigenvalue weighted by molar-refractivity contribution is 5.82. The van der Waals surface area contributed by atoms with Gasteiger partial charge in [0.1, 0.15) is 0 Å². The summed E-state index contributed by atoms with van der Waals surface area (Å²) in [4.78, 5) is 13.9. The van der Waals surface area contributed by atoms with E-state index in [1.54, 1.807) is 4.90 Å². The van der Waals surface area contributed by atoms with E-state index in [2.05, 4.69) is 0 Å². The van der Waals surface area contributed by atoms with Crippen LogP contribution in [0.3, 0.4) is 0 Å². The predicted molar refractivity (Wildman–Crippen MR) is 73.7 cm³/mol. The summed E-state index contributed by atoms with van der Waals surface area (Å²) >= 11 is 0. The molecule has 1 saturated carbocycles. The number of amides is 1. The van der Waals surface area contributed by atoms with Gasteiger partial charge in [-0.1, -0.05) is 36.8 Å². The fourth-order valence-corrected chi connectivity index (χ4v) is 3.84. The van der Waals surface area contributed by atoms with E-state index in [4.69, 9.17) is 0 Å². The SMILES string of the molecule is O=C1[C@@H](F)C[C@@]2(CO)CCC[C@H]2N1Cc1ccccc1. The average Bonchev–Trinajstić information content (AvgIpc) is 2.89. The van der Waals surface area contributed by atoms with Gasteiger partial charge in [-0.2, -0.15) is 0 Å². The molecule has 2 aliphatic rings. The van der Waals surface area contributed by atoms with Gasteiger partial charge in [-0.05, 0) is 24.8 Å². The zero-order valence-electron chi connectivity index (χ0n) is 11.5. The Balaban J connectivity index is 1.88. The Kier molecular flexibility index (Phi) is 3.50. The summed E-state index contributed by atoms with van der Waals surface area (Å²) in [6, 6.07) is 9.64. The lowest BCUT2D eigenvalue weighted by molar-refractivity contribution is -0.153. The highest BCUT2D eigenvalue weighted by Gasteiger charge is 2.53. The van der Waals surface area contributed by atoms with Crippen LogP contribution in [0.2, 0.25) is 0 Å². The summed E-state index contributed by atoms with van der Waals surface area (Å²) in [6.45, 7) is 0.406. The topological polar surface area (TPSA) is 40.5 Å². The molecule has 3 rings (SSSR count). The van der Waals surface area contributed by atoms with Gasteiger partial charge in [0.15, 0.2) is 6.17 Å². The molecular weight excluding hydrogens is 257 g/mol. The third-order valence-corrected chi connectivity index (χ3v) is 4.88. The summed E-state index contributed by atoms with van der Waals surface area (Å²) in [5.41, 5.74) is 0.580. The summed E-state index contributed by atoms with van der Waals surface area (Å²) in [6.07, 6.45) is 1.34. The van der Waals surface area contributed by atoms with E-state index < -0.39 is 17.5 Å². The zero-order chi connectivity index (χ0) is 14.2. The van der Waals surface area contributed by atoms with Crippen molar-refractivity contribution in [3.05, 3.63) is 35.9 Å². The van der Waals surface area contributed by atoms with Gasteiger partial charge in [-0.3, -0.25) is 4.79 Å². The van der Waals surface area contributed by atoms with Crippen LogP contribution >= 0.6 is 0 Å². The number of likely N-dealkylation sites (tertiary alicyclic amines) is 1. The van der Waals surface area contributed by atoms with Gasteiger partial charge in [-0.15, -0.1) is 0 Å². The number of piperidine rings is 1. The van der Waals surface area contributed by atoms with Gasteiger partial charge in [0.25, 0.3) is 5.91 Å². The third kappa shape index (κ3) is 2.12. The van der Waals surface area contributed by atoms with Crippen molar-refractivity contribution in [2.24, 2.45) is 5.41 Å². The number of carbonyl (C=O) groups is 1. The minimum Gasteiger partial charge on any atom is -0.396 e. The van der Waals surface area contributed by atoms with Crippen LogP contribution in [0.5, 0.6) is 0 Å². The maximum atomic E-state index is 14.1. The minimum atomic E-state index is -1.47. The van der Waals surface area contributed by atoms with Crippen LogP contribution in [0.25, 0.3) is 0 Å². The minimum absolute atomic E-state index is 0.0211. The monoisotopic (exact) mass is 277 g/mol. The molecule has 3 nitrogen and oxygen atoms in total. The molecule has 1 aromatic rings. The van der Waals surface area contributed by atoms with E-state index in [9.17, 15) is 14.3 Å². The van der Waals surface area contributed by atoms with Crippen LogP contribution in [0.4, 0.5) is 4.39 Å². The first-order valence-corrected chi connectivity index (χ1v) is 7.26. The smallest absolute Gasteiger partial charge is 0.257 e. The van der Waals surface area contributed by atoms with Crippen molar-refractivity contribution in [2.75, 3.05) is 6.61 Å². The van der Waals surface area contributed by atoms with Crippen LogP contribution in [0.15, 0.2) is 30.3 Å². The van der Waals surface area contributed by atoms with E-state index in [0.29, 0.717) is 6.54 Å². The highest BCUT2D eigenvalue weighted by atomic mass is 19.1. The van der Waals surface area contributed by atoms with Crippen molar-refractivity contribution >= 4 is 5.91 Å². The number of hydrogen-bond acceptors (Lipinski definition) is 2. The van der Waals surface area contributed by atoms with Gasteiger partial charge in [0.05, 0.1) is 6.61 Å². The molecule has 0 bridgehead atoms. The molecule has 0 radical (unpaired) electrons. The second kappa shape index (κ2) is 5.17. The van der Waals surface area contributed by atoms with E-state index in [0.717, 1.165) is 24.8 Å². The molecule has 3 atom stereocenters. The maximum Gasteiger partial charge on any atom is 0.257 e. The molecule has 0 spiro atoms. The standard InChI is InChI=1S/C16H20FNO2/c17-13-9-16(11-19)8-4-7-14(16)18(15(13)20)10-12-5-2-1-3-6-12/h1-3,5-6,13-14,19H,4,7-11H2/t13-,14+,16+/m0/s1. The van der Waals surface area contributed by atoms with Crippen molar-refractivity contribution in [3.63, 3.8) is 0 Å². The van der Waals surface area contributed by atoms with Crippen LogP contribution in [0.1, 0.15) is 31.2 Å². The van der Waals surface area contributed by atoms with Crippen LogP contribution in [-0.2, 0) is 11.3 Å². The zero-order valence-corrected chi connectivity index (χ0v) is 11.5. The molecule has 20 heavy (non-hydrogen) atoms. The summed E-state index contributed by atoms with van der Waals surface area (Å²) in [7, 11) is 0. The van der Waals surface area contributed by atoms with E-state index in [1.165, 1.54) is 0 Å². The molecule has 1 aliphatic carbocycles. The molecular formula is C16H20FNO2. The molecule has 1 heterocycles. The Morgan fingerprint density at radius 2 is 2.10 bits per heavy atom. The van der Waals surface area contributed by atoms with Crippen molar-refractivity contribution < 1.29 is 14.3 Å². The number of benzene rings is 1. The first kappa shape index (κ1) is 13.6. The fraction of sp³-hybridized carbons (Fsp3) is 0.562. The number of aliphatic hydroxyl groups is 1. The Morgan fingerprint density at radius 3 is 2.80 bits per heavy atom. The van der Waals surface area contributed by atoms with E-state index in [1.807, 2.05) is 30.3 Å². The predicted octanol–water partition coefficient (Wildman–Crippen LogP) is 2.29. The molecule has 108 valence electrons. The number of aliphatic hydroxyl groups excluding tert-OH is 1. The molecule has 1 saturated heterocycles. The van der Waals surface area contributed by atoms with Gasteiger partial charge in [0, 0.05) is 18.0 Å². The van der Waals surface area contributed by atoms with Crippen molar-refractivity contribution in [2.45, 2.75) is 44.4 Å². The second-order valence-electron chi connectivity index (χ2n) is 6.05. The number of halogens is 1. The number of rotatable bonds is 3. The molecule has 2 fully saturated rings. The molecule has 1 N–H and O–H groups in total. The van der Waals surface area contributed by atoms with Crippen LogP contribution in [-0.4, -0.2) is 34.7 Å².